The van der Waals surface area contributed by atoms with Crippen molar-refractivity contribution in [3.63, 3.8) is 0 Å². The minimum atomic E-state index is -6.00. The van der Waals surface area contributed by atoms with Gasteiger partial charge in [0.05, 0.1) is 9.79 Å². The highest BCUT2D eigenvalue weighted by atomic mass is 32.2. The summed E-state index contributed by atoms with van der Waals surface area (Å²) in [6, 6.07) is 0. The number of halogens is 4. The maximum atomic E-state index is 9.75. The molecule has 0 aliphatic carbocycles. The SMILES string of the molecule is CCSc1c(SCC)c1=[S+]CC.F[B-](F)(F)F. The minimum absolute atomic E-state index is 1.21. The predicted octanol–water partition coefficient (Wildman–Crippen LogP) is 4.72. The molecule has 0 N–H and O–H groups in total. The molecule has 0 radical (unpaired) electrons. The van der Waals surface area contributed by atoms with E-state index in [1.165, 1.54) is 17.3 Å². The van der Waals surface area contributed by atoms with Gasteiger partial charge in [0.25, 0.3) is 4.51 Å². The molecule has 0 unspecified atom stereocenters. The second-order valence-corrected chi connectivity index (χ2v) is 6.60. The van der Waals surface area contributed by atoms with Crippen molar-refractivity contribution in [2.24, 2.45) is 0 Å². The van der Waals surface area contributed by atoms with Crippen molar-refractivity contribution in [1.29, 1.82) is 0 Å². The largest absolute Gasteiger partial charge is 0.673 e. The molecule has 0 atom stereocenters. The molecule has 100 valence electrons. The molecule has 0 amide bonds. The van der Waals surface area contributed by atoms with Crippen LogP contribution in [0.2, 0.25) is 0 Å². The summed E-state index contributed by atoms with van der Waals surface area (Å²) in [5, 5.41) is 0. The fraction of sp³-hybridized carbons (Fsp3) is 0.667. The Hall–Kier alpha value is 0.315. The van der Waals surface area contributed by atoms with E-state index in [9.17, 15) is 17.3 Å². The highest BCUT2D eigenvalue weighted by Crippen LogP contribution is 2.42. The molecule has 1 aromatic rings. The molecule has 0 aromatic heterocycles. The zero-order chi connectivity index (χ0) is 13.5. The highest BCUT2D eigenvalue weighted by Gasteiger charge is 2.26. The van der Waals surface area contributed by atoms with Gasteiger partial charge in [-0.15, -0.1) is 23.5 Å². The molecule has 0 nitrogen and oxygen atoms in total. The van der Waals surface area contributed by atoms with Gasteiger partial charge in [-0.3, -0.25) is 0 Å². The first-order valence-corrected chi connectivity index (χ1v) is 8.18. The average Bonchev–Trinajstić information content (AvgIpc) is 2.78. The zero-order valence-corrected chi connectivity index (χ0v) is 12.4. The first-order chi connectivity index (χ1) is 7.85. The van der Waals surface area contributed by atoms with Gasteiger partial charge in [0, 0.05) is 0 Å². The van der Waals surface area contributed by atoms with E-state index in [4.69, 9.17) is 0 Å². The third-order valence-corrected chi connectivity index (χ3v) is 4.77. The quantitative estimate of drug-likeness (QED) is 0.254. The zero-order valence-electron chi connectivity index (χ0n) is 9.94. The minimum Gasteiger partial charge on any atom is -0.418 e. The van der Waals surface area contributed by atoms with Crippen molar-refractivity contribution in [2.75, 3.05) is 17.3 Å². The number of thioether (sulfide) groups is 2. The first kappa shape index (κ1) is 17.3. The molecule has 0 aliphatic heterocycles. The molecule has 0 bridgehead atoms. The topological polar surface area (TPSA) is 0 Å². The van der Waals surface area contributed by atoms with E-state index in [1.54, 1.807) is 14.3 Å². The smallest absolute Gasteiger partial charge is 0.418 e. The Morgan fingerprint density at radius 1 is 0.941 bits per heavy atom. The fourth-order valence-electron chi connectivity index (χ4n) is 0.965. The molecule has 17 heavy (non-hydrogen) atoms. The fourth-order valence-corrected chi connectivity index (χ4v) is 4.33. The third-order valence-electron chi connectivity index (χ3n) is 1.42. The summed E-state index contributed by atoms with van der Waals surface area (Å²) in [5.74, 6) is 3.62. The maximum absolute atomic E-state index is 9.75. The van der Waals surface area contributed by atoms with E-state index >= 15 is 0 Å². The second-order valence-electron chi connectivity index (χ2n) is 2.78. The van der Waals surface area contributed by atoms with Crippen molar-refractivity contribution < 1.29 is 17.3 Å². The van der Waals surface area contributed by atoms with E-state index in [0.717, 1.165) is 0 Å². The van der Waals surface area contributed by atoms with Gasteiger partial charge in [-0.2, -0.15) is 0 Å². The summed E-state index contributed by atoms with van der Waals surface area (Å²) < 4.78 is 40.6. The van der Waals surface area contributed by atoms with E-state index in [2.05, 4.69) is 20.8 Å². The number of hydrogen-bond acceptors (Lipinski definition) is 2. The van der Waals surface area contributed by atoms with Crippen LogP contribution in [0.1, 0.15) is 20.8 Å². The summed E-state index contributed by atoms with van der Waals surface area (Å²) in [6.07, 6.45) is 0. The lowest BCUT2D eigenvalue weighted by molar-refractivity contribution is 0.368. The van der Waals surface area contributed by atoms with Crippen molar-refractivity contribution >= 4 is 42.1 Å². The van der Waals surface area contributed by atoms with Gasteiger partial charge < -0.3 is 17.3 Å². The lowest BCUT2D eigenvalue weighted by Gasteiger charge is -1.94. The van der Waals surface area contributed by atoms with Gasteiger partial charge in [0.15, 0.2) is 17.1 Å². The summed E-state index contributed by atoms with van der Waals surface area (Å²) in [6.45, 7) is 6.66. The van der Waals surface area contributed by atoms with Crippen molar-refractivity contribution in [2.45, 2.75) is 30.6 Å². The first-order valence-electron chi connectivity index (χ1n) is 5.22. The molecular weight excluding hydrogens is 291 g/mol. The van der Waals surface area contributed by atoms with Crippen LogP contribution in [0.15, 0.2) is 9.79 Å². The van der Waals surface area contributed by atoms with Crippen LogP contribution in [0.5, 0.6) is 0 Å². The molecular formula is C9H15BF4S3. The van der Waals surface area contributed by atoms with E-state index in [-0.39, 0.29) is 0 Å². The van der Waals surface area contributed by atoms with Crippen LogP contribution in [0.4, 0.5) is 17.3 Å². The van der Waals surface area contributed by atoms with Crippen LogP contribution in [0.25, 0.3) is 0 Å². The molecule has 0 spiro atoms. The normalized spacial score (nSPS) is 11.2. The van der Waals surface area contributed by atoms with E-state index in [1.807, 2.05) is 34.9 Å². The van der Waals surface area contributed by atoms with Crippen LogP contribution < -0.4 is 0 Å². The second kappa shape index (κ2) is 8.42. The third kappa shape index (κ3) is 8.96. The summed E-state index contributed by atoms with van der Waals surface area (Å²) in [5.41, 5.74) is 0. The van der Waals surface area contributed by atoms with Gasteiger partial charge in [-0.05, 0) is 18.4 Å². The molecule has 0 aliphatic rings. The Labute approximate surface area is 112 Å². The van der Waals surface area contributed by atoms with Crippen molar-refractivity contribution in [3.8, 4) is 0 Å². The van der Waals surface area contributed by atoms with Gasteiger partial charge in [0.1, 0.15) is 0 Å². The molecule has 0 heterocycles. The number of rotatable bonds is 5. The number of hydrogen-bond donors (Lipinski definition) is 0. The van der Waals surface area contributed by atoms with Crippen molar-refractivity contribution in [3.05, 3.63) is 4.51 Å². The van der Waals surface area contributed by atoms with Gasteiger partial charge in [-0.25, -0.2) is 0 Å². The Morgan fingerprint density at radius 2 is 1.29 bits per heavy atom. The van der Waals surface area contributed by atoms with Crippen LogP contribution in [-0.4, -0.2) is 24.5 Å². The van der Waals surface area contributed by atoms with Crippen LogP contribution in [-0.2, 0) is 11.4 Å². The van der Waals surface area contributed by atoms with Gasteiger partial charge >= 0.3 is 7.25 Å². The monoisotopic (exact) mass is 306 g/mol. The van der Waals surface area contributed by atoms with Crippen LogP contribution in [0.3, 0.4) is 0 Å². The van der Waals surface area contributed by atoms with Crippen LogP contribution in [0, 0.1) is 4.51 Å². The predicted molar refractivity (Wildman–Crippen MR) is 72.9 cm³/mol. The Kier molecular flexibility index (Phi) is 8.58. The molecule has 1 aromatic carbocycles. The molecule has 0 saturated carbocycles. The van der Waals surface area contributed by atoms with E-state index < -0.39 is 7.25 Å². The molecule has 0 saturated heterocycles. The van der Waals surface area contributed by atoms with E-state index in [0.29, 0.717) is 0 Å². The molecule has 0 fully saturated rings. The van der Waals surface area contributed by atoms with Crippen molar-refractivity contribution in [1.82, 2.24) is 0 Å². The maximum Gasteiger partial charge on any atom is 0.673 e. The lowest BCUT2D eigenvalue weighted by atomic mass is 10.3. The van der Waals surface area contributed by atoms with Crippen LogP contribution >= 0.6 is 23.5 Å². The average molecular weight is 306 g/mol. The Bertz CT molecular complexity index is 314. The van der Waals surface area contributed by atoms with Gasteiger partial charge in [0.2, 0.25) is 0 Å². The Balaban J connectivity index is 0.000000437. The summed E-state index contributed by atoms with van der Waals surface area (Å²) >= 11 is 5.98. The lowest BCUT2D eigenvalue weighted by Crippen LogP contribution is -2.02. The molecule has 1 rings (SSSR count). The summed E-state index contributed by atoms with van der Waals surface area (Å²) in [7, 11) is -6.00. The Morgan fingerprint density at radius 3 is 1.53 bits per heavy atom. The summed E-state index contributed by atoms with van der Waals surface area (Å²) in [4.78, 5) is 3.16. The highest BCUT2D eigenvalue weighted by molar-refractivity contribution is 8.03. The molecule has 8 heteroatoms. The standard InChI is InChI=1S/C9H15S3.BF4/c1-4-10-7-8(11-5-2)9(7)12-6-3;2-1(3,4)5/h4-6H2,1-3H3;/q+1;-1. The van der Waals surface area contributed by atoms with Gasteiger partial charge in [-0.1, -0.05) is 13.8 Å².